The highest BCUT2D eigenvalue weighted by atomic mass is 35.5. The predicted octanol–water partition coefficient (Wildman–Crippen LogP) is 0.843. The van der Waals surface area contributed by atoms with E-state index < -0.39 is 56.1 Å². The Morgan fingerprint density at radius 1 is 1.40 bits per heavy atom. The van der Waals surface area contributed by atoms with Crippen LogP contribution in [0.2, 0.25) is 5.02 Å². The average Bonchev–Trinajstić information content (AvgIpc) is 3.02. The molecule has 35 heavy (non-hydrogen) atoms. The number of carbonyl (C=O) groups excluding carboxylic acids is 1. The highest BCUT2D eigenvalue weighted by Crippen LogP contribution is 2.47. The molecule has 1 aromatic carbocycles. The minimum Gasteiger partial charge on any atom is -0.468 e. The summed E-state index contributed by atoms with van der Waals surface area (Å²) in [7, 11) is -3.11. The van der Waals surface area contributed by atoms with Crippen molar-refractivity contribution in [2.24, 2.45) is 0 Å². The third-order valence-corrected chi connectivity index (χ3v) is 7.11. The second-order valence-corrected chi connectivity index (χ2v) is 10.1. The molecule has 1 saturated heterocycles. The molecule has 1 aromatic heterocycles. The van der Waals surface area contributed by atoms with Crippen molar-refractivity contribution in [2.45, 2.75) is 43.9 Å². The lowest BCUT2D eigenvalue weighted by Crippen LogP contribution is -2.46. The van der Waals surface area contributed by atoms with Gasteiger partial charge in [-0.25, -0.2) is 9.36 Å². The Bertz CT molecular complexity index is 1160. The molecule has 2 heterocycles. The van der Waals surface area contributed by atoms with Crippen LogP contribution in [0.25, 0.3) is 0 Å². The fourth-order valence-corrected chi connectivity index (χ4v) is 4.97. The van der Waals surface area contributed by atoms with E-state index in [0.717, 1.165) is 11.7 Å². The molecule has 0 bridgehead atoms. The lowest BCUT2D eigenvalue weighted by Gasteiger charge is -2.27. The van der Waals surface area contributed by atoms with Crippen LogP contribution in [0, 0.1) is 0 Å². The van der Waals surface area contributed by atoms with Crippen LogP contribution < -0.4 is 21.0 Å². The number of nitrogens with one attached hydrogen (secondary N) is 1. The Morgan fingerprint density at radius 3 is 2.66 bits per heavy atom. The second-order valence-electron chi connectivity index (χ2n) is 7.95. The van der Waals surface area contributed by atoms with E-state index in [4.69, 9.17) is 31.1 Å². The van der Waals surface area contributed by atoms with Gasteiger partial charge in [0.05, 0.1) is 13.7 Å². The smallest absolute Gasteiger partial charge is 0.459 e. The van der Waals surface area contributed by atoms with Crippen molar-refractivity contribution < 1.29 is 38.1 Å². The van der Waals surface area contributed by atoms with E-state index >= 15 is 0 Å². The summed E-state index contributed by atoms with van der Waals surface area (Å²) in [6, 6.07) is 6.09. The van der Waals surface area contributed by atoms with Crippen LogP contribution in [0.5, 0.6) is 5.75 Å². The van der Waals surface area contributed by atoms with Gasteiger partial charge in [-0.1, -0.05) is 11.6 Å². The molecule has 13 nitrogen and oxygen atoms in total. The maximum atomic E-state index is 13.5. The first-order valence-corrected chi connectivity index (χ1v) is 12.2. The number of carbonyl (C=O) groups is 1. The molecule has 0 aliphatic carbocycles. The summed E-state index contributed by atoms with van der Waals surface area (Å²) in [6.07, 6.45) is -2.92. The molecule has 0 spiro atoms. The van der Waals surface area contributed by atoms with Gasteiger partial charge in [0.15, 0.2) is 6.23 Å². The molecule has 1 aliphatic rings. The highest BCUT2D eigenvalue weighted by molar-refractivity contribution is 7.52. The summed E-state index contributed by atoms with van der Waals surface area (Å²) < 4.78 is 35.7. The zero-order valence-electron chi connectivity index (χ0n) is 19.0. The molecule has 3 rings (SSSR count). The van der Waals surface area contributed by atoms with E-state index in [1.54, 1.807) is 0 Å². The number of rotatable bonds is 9. The maximum absolute atomic E-state index is 13.5. The first-order valence-electron chi connectivity index (χ1n) is 10.3. The van der Waals surface area contributed by atoms with Crippen molar-refractivity contribution in [1.82, 2.24) is 14.6 Å². The summed E-state index contributed by atoms with van der Waals surface area (Å²) in [6.45, 7) is 2.08. The van der Waals surface area contributed by atoms with Gasteiger partial charge in [-0.15, -0.1) is 0 Å². The molecule has 192 valence electrons. The Kier molecular flexibility index (Phi) is 8.22. The van der Waals surface area contributed by atoms with Crippen molar-refractivity contribution >= 4 is 31.1 Å². The van der Waals surface area contributed by atoms with Crippen molar-refractivity contribution in [2.75, 3.05) is 19.5 Å². The van der Waals surface area contributed by atoms with E-state index in [2.05, 4.69) is 14.8 Å². The van der Waals surface area contributed by atoms with E-state index in [1.807, 2.05) is 0 Å². The molecule has 0 radical (unpaired) electrons. The third kappa shape index (κ3) is 6.19. The number of halogens is 1. The molecule has 1 fully saturated rings. The molecule has 5 N–H and O–H groups in total. The lowest BCUT2D eigenvalue weighted by atomic mass is 9.96. The minimum absolute atomic E-state index is 0.0320. The number of methoxy groups -OCH3 is 1. The van der Waals surface area contributed by atoms with Crippen LogP contribution in [0.4, 0.5) is 5.82 Å². The van der Waals surface area contributed by atoms with Crippen LogP contribution in [-0.4, -0.2) is 63.3 Å². The van der Waals surface area contributed by atoms with Crippen molar-refractivity contribution in [3.05, 3.63) is 52.0 Å². The van der Waals surface area contributed by atoms with Crippen molar-refractivity contribution in [1.29, 1.82) is 0 Å². The Balaban J connectivity index is 1.81. The molecular formula is C20H26ClN4O9P. The van der Waals surface area contributed by atoms with Crippen LogP contribution in [0.15, 0.2) is 41.3 Å². The van der Waals surface area contributed by atoms with Crippen LogP contribution in [0.1, 0.15) is 20.1 Å². The third-order valence-electron chi connectivity index (χ3n) is 5.21. The van der Waals surface area contributed by atoms with Gasteiger partial charge >= 0.3 is 19.4 Å². The van der Waals surface area contributed by atoms with Gasteiger partial charge in [0.25, 0.3) is 0 Å². The number of hydrogen-bond acceptors (Lipinski definition) is 11. The number of aliphatic hydroxyl groups is 2. The Hall–Kier alpha value is -2.51. The first kappa shape index (κ1) is 27.1. The van der Waals surface area contributed by atoms with E-state index in [1.165, 1.54) is 50.4 Å². The quantitative estimate of drug-likeness (QED) is 0.264. The number of aliphatic hydroxyl groups excluding tert-OH is 1. The normalized spacial score (nSPS) is 26.6. The zero-order valence-corrected chi connectivity index (χ0v) is 20.7. The number of anilines is 1. The predicted molar refractivity (Wildman–Crippen MR) is 124 cm³/mol. The average molecular weight is 533 g/mol. The summed E-state index contributed by atoms with van der Waals surface area (Å²) >= 11 is 5.87. The molecule has 15 heteroatoms. The van der Waals surface area contributed by atoms with Gasteiger partial charge in [-0.2, -0.15) is 10.1 Å². The number of nitrogens with zero attached hydrogens (tertiary/aromatic N) is 2. The number of nitrogens with two attached hydrogens (primary N) is 1. The topological polar surface area (TPSA) is 184 Å². The van der Waals surface area contributed by atoms with Gasteiger partial charge in [-0.05, 0) is 44.2 Å². The van der Waals surface area contributed by atoms with Crippen LogP contribution in [0.3, 0.4) is 0 Å². The molecular weight excluding hydrogens is 507 g/mol. The van der Waals surface area contributed by atoms with Gasteiger partial charge < -0.3 is 29.9 Å². The number of benzene rings is 1. The minimum atomic E-state index is -4.27. The van der Waals surface area contributed by atoms with Gasteiger partial charge in [-0.3, -0.25) is 13.9 Å². The van der Waals surface area contributed by atoms with Gasteiger partial charge in [0.1, 0.15) is 35.4 Å². The number of aromatic nitrogens is 2. The summed E-state index contributed by atoms with van der Waals surface area (Å²) in [4.78, 5) is 27.7. The Morgan fingerprint density at radius 2 is 2.06 bits per heavy atom. The van der Waals surface area contributed by atoms with Gasteiger partial charge in [0.2, 0.25) is 0 Å². The molecule has 0 saturated carbocycles. The number of nitrogen functional groups attached to an aromatic ring is 1. The molecule has 1 unspecified atom stereocenters. The lowest BCUT2D eigenvalue weighted by molar-refractivity contribution is -0.142. The molecule has 2 aromatic rings. The highest BCUT2D eigenvalue weighted by Gasteiger charge is 2.54. The molecule has 1 aliphatic heterocycles. The van der Waals surface area contributed by atoms with Crippen molar-refractivity contribution in [3.8, 4) is 5.75 Å². The number of esters is 1. The number of ether oxygens (including phenoxy) is 2. The standard InChI is InChI=1S/C20H26ClN4O9P/c1-11(17(27)31-3)24-35(30,34-13-6-4-12(21)5-7-13)32-10-14-16(26)20(2,29)18(33-14)25-9-8-15(22)23-19(25)28/h4-9,11,14,16,18,26,29H,10H2,1-3H3,(H,24,30)(H2,22,23,28)/t11-,14-,16-,18-,20-,35?/m1/s1. The van der Waals surface area contributed by atoms with Crippen molar-refractivity contribution in [3.63, 3.8) is 0 Å². The maximum Gasteiger partial charge on any atom is 0.459 e. The zero-order chi connectivity index (χ0) is 26.0. The van der Waals surface area contributed by atoms with Crippen LogP contribution >= 0.6 is 19.3 Å². The van der Waals surface area contributed by atoms with E-state index in [0.29, 0.717) is 5.02 Å². The summed E-state index contributed by atoms with van der Waals surface area (Å²) in [5, 5.41) is 24.4. The second kappa shape index (κ2) is 10.6. The summed E-state index contributed by atoms with van der Waals surface area (Å²) in [5.74, 6) is -0.654. The molecule has 6 atom stereocenters. The largest absolute Gasteiger partial charge is 0.468 e. The summed E-state index contributed by atoms with van der Waals surface area (Å²) in [5.41, 5.74) is 2.73. The molecule has 0 amide bonds. The SMILES string of the molecule is COC(=O)[C@@H](C)NP(=O)(OC[C@H]1O[C@@H](n2ccc(N)nc2=O)[C@](C)(O)[C@@H]1O)Oc1ccc(Cl)cc1. The first-order chi connectivity index (χ1) is 16.4. The van der Waals surface area contributed by atoms with Crippen LogP contribution in [-0.2, 0) is 23.4 Å². The fraction of sp³-hybridized carbons (Fsp3) is 0.450. The van der Waals surface area contributed by atoms with E-state index in [9.17, 15) is 24.4 Å². The Labute approximate surface area is 205 Å². The fourth-order valence-electron chi connectivity index (χ4n) is 3.34. The number of hydrogen-bond donors (Lipinski definition) is 4. The van der Waals surface area contributed by atoms with Gasteiger partial charge in [0, 0.05) is 11.2 Å². The van der Waals surface area contributed by atoms with E-state index in [-0.39, 0.29) is 11.6 Å². The monoisotopic (exact) mass is 532 g/mol.